The van der Waals surface area contributed by atoms with Crippen molar-refractivity contribution in [2.75, 3.05) is 33.3 Å². The Labute approximate surface area is 187 Å². The fraction of sp³-hybridized carbons (Fsp3) is 0.524. The molecule has 2 aromatic rings. The highest BCUT2D eigenvalue weighted by Crippen LogP contribution is 2.35. The number of thiophene rings is 1. The SMILES string of the molecule is CN(Cc1ccco1)C[C@H]1OC[C@@H]2CCN(C(=O)c3cccs3)C[C@@H]21.O=C(O)C(F)(F)F. The fourth-order valence-corrected chi connectivity index (χ4v) is 4.69. The van der Waals surface area contributed by atoms with Gasteiger partial charge < -0.3 is 19.2 Å². The minimum Gasteiger partial charge on any atom is -0.475 e. The van der Waals surface area contributed by atoms with E-state index in [9.17, 15) is 18.0 Å². The Morgan fingerprint density at radius 2 is 2.06 bits per heavy atom. The van der Waals surface area contributed by atoms with Gasteiger partial charge in [0.25, 0.3) is 5.91 Å². The molecule has 2 saturated heterocycles. The summed E-state index contributed by atoms with van der Waals surface area (Å²) in [5.74, 6) is -0.614. The number of carboxylic acid groups (broad SMARTS) is 1. The molecule has 1 N–H and O–H groups in total. The molecule has 4 heterocycles. The van der Waals surface area contributed by atoms with Crippen molar-refractivity contribution in [3.63, 3.8) is 0 Å². The van der Waals surface area contributed by atoms with Crippen LogP contribution in [0.25, 0.3) is 0 Å². The number of ether oxygens (including phenoxy) is 1. The van der Waals surface area contributed by atoms with Crippen LogP contribution in [0.2, 0.25) is 0 Å². The molecule has 2 fully saturated rings. The highest BCUT2D eigenvalue weighted by molar-refractivity contribution is 7.12. The first-order chi connectivity index (χ1) is 15.1. The standard InChI is InChI=1S/C19H24N2O3S.C2HF3O2/c1-20(10-15-4-2-8-23-15)12-17-16-11-21(7-6-14(16)13-24-17)19(22)18-5-3-9-25-18;3-2(4,5)1(6)7/h2-5,8-9,14,16-17H,6-7,10-13H2,1H3;(H,6,7)/t14-,16-,17+;/m0./s1. The number of carbonyl (C=O) groups is 2. The third-order valence-corrected chi connectivity index (χ3v) is 6.43. The zero-order chi connectivity index (χ0) is 23.3. The number of likely N-dealkylation sites (N-methyl/N-ethyl adjacent to an activating group) is 1. The number of amides is 1. The Morgan fingerprint density at radius 1 is 1.31 bits per heavy atom. The van der Waals surface area contributed by atoms with Gasteiger partial charge in [-0.2, -0.15) is 13.2 Å². The van der Waals surface area contributed by atoms with Crippen molar-refractivity contribution in [3.05, 3.63) is 46.5 Å². The lowest BCUT2D eigenvalue weighted by Crippen LogP contribution is -2.47. The minimum atomic E-state index is -5.08. The normalized spacial score (nSPS) is 22.9. The van der Waals surface area contributed by atoms with Gasteiger partial charge in [-0.05, 0) is 43.0 Å². The van der Waals surface area contributed by atoms with Gasteiger partial charge in [0.05, 0.1) is 30.4 Å². The van der Waals surface area contributed by atoms with Gasteiger partial charge in [0.2, 0.25) is 0 Å². The molecule has 3 atom stereocenters. The molecule has 4 rings (SSSR count). The van der Waals surface area contributed by atoms with E-state index in [-0.39, 0.29) is 12.0 Å². The van der Waals surface area contributed by atoms with E-state index >= 15 is 0 Å². The number of furan rings is 1. The second-order valence-electron chi connectivity index (χ2n) is 7.89. The zero-order valence-corrected chi connectivity index (χ0v) is 18.3. The summed E-state index contributed by atoms with van der Waals surface area (Å²) in [5, 5.41) is 9.09. The summed E-state index contributed by atoms with van der Waals surface area (Å²) in [6.45, 7) is 4.12. The summed E-state index contributed by atoms with van der Waals surface area (Å²) in [6, 6.07) is 7.77. The highest BCUT2D eigenvalue weighted by Gasteiger charge is 2.42. The van der Waals surface area contributed by atoms with Gasteiger partial charge >= 0.3 is 12.1 Å². The number of carboxylic acids is 1. The summed E-state index contributed by atoms with van der Waals surface area (Å²) in [5.41, 5.74) is 0. The Balaban J connectivity index is 0.000000360. The molecule has 0 spiro atoms. The van der Waals surface area contributed by atoms with E-state index in [1.165, 1.54) is 11.3 Å². The number of nitrogens with zero attached hydrogens (tertiary/aromatic N) is 2. The molecule has 2 aliphatic heterocycles. The molecule has 0 aliphatic carbocycles. The summed E-state index contributed by atoms with van der Waals surface area (Å²) >= 11 is 1.52. The van der Waals surface area contributed by atoms with Crippen LogP contribution in [-0.4, -0.2) is 72.4 Å². The molecule has 0 saturated carbocycles. The van der Waals surface area contributed by atoms with Crippen LogP contribution in [0.5, 0.6) is 0 Å². The Morgan fingerprint density at radius 3 is 2.66 bits per heavy atom. The number of hydrogen-bond acceptors (Lipinski definition) is 6. The van der Waals surface area contributed by atoms with Crippen molar-refractivity contribution in [2.24, 2.45) is 11.8 Å². The number of aliphatic carboxylic acids is 1. The Kier molecular flexibility index (Phi) is 7.96. The maximum atomic E-state index is 12.7. The number of halogens is 3. The van der Waals surface area contributed by atoms with Gasteiger partial charge in [0.15, 0.2) is 0 Å². The van der Waals surface area contributed by atoms with Gasteiger partial charge in [0.1, 0.15) is 5.76 Å². The summed E-state index contributed by atoms with van der Waals surface area (Å²) in [6.07, 6.45) is -2.15. The molecule has 0 radical (unpaired) electrons. The van der Waals surface area contributed by atoms with Gasteiger partial charge in [-0.1, -0.05) is 6.07 Å². The monoisotopic (exact) mass is 474 g/mol. The minimum absolute atomic E-state index is 0.169. The number of carbonyl (C=O) groups excluding carboxylic acids is 1. The van der Waals surface area contributed by atoms with Crippen molar-refractivity contribution in [1.29, 1.82) is 0 Å². The molecule has 176 valence electrons. The van der Waals surface area contributed by atoms with Crippen LogP contribution in [0.4, 0.5) is 13.2 Å². The summed E-state index contributed by atoms with van der Waals surface area (Å²) < 4.78 is 43.3. The van der Waals surface area contributed by atoms with Crippen LogP contribution in [0.15, 0.2) is 40.3 Å². The van der Waals surface area contributed by atoms with E-state index < -0.39 is 12.1 Å². The molecule has 0 unspecified atom stereocenters. The number of hydrogen-bond donors (Lipinski definition) is 1. The lowest BCUT2D eigenvalue weighted by Gasteiger charge is -2.36. The predicted molar refractivity (Wildman–Crippen MR) is 110 cm³/mol. The van der Waals surface area contributed by atoms with Crippen molar-refractivity contribution in [1.82, 2.24) is 9.80 Å². The zero-order valence-electron chi connectivity index (χ0n) is 17.5. The Hall–Kier alpha value is -2.37. The van der Waals surface area contributed by atoms with Crippen LogP contribution in [-0.2, 0) is 16.1 Å². The van der Waals surface area contributed by atoms with E-state index in [0.29, 0.717) is 11.8 Å². The van der Waals surface area contributed by atoms with Crippen LogP contribution in [0, 0.1) is 11.8 Å². The highest BCUT2D eigenvalue weighted by atomic mass is 32.1. The molecule has 0 bridgehead atoms. The molecule has 1 amide bonds. The van der Waals surface area contributed by atoms with Gasteiger partial charge in [-0.25, -0.2) is 4.79 Å². The number of alkyl halides is 3. The van der Waals surface area contributed by atoms with Crippen LogP contribution in [0.3, 0.4) is 0 Å². The summed E-state index contributed by atoms with van der Waals surface area (Å²) in [7, 11) is 2.09. The van der Waals surface area contributed by atoms with Crippen molar-refractivity contribution in [3.8, 4) is 0 Å². The van der Waals surface area contributed by atoms with Crippen LogP contribution >= 0.6 is 11.3 Å². The second-order valence-corrected chi connectivity index (χ2v) is 8.84. The molecule has 0 aromatic carbocycles. The van der Waals surface area contributed by atoms with E-state index in [2.05, 4.69) is 11.9 Å². The third-order valence-electron chi connectivity index (χ3n) is 5.57. The average molecular weight is 475 g/mol. The molecular formula is C21H25F3N2O5S. The van der Waals surface area contributed by atoms with Crippen LogP contribution in [0.1, 0.15) is 21.9 Å². The Bertz CT molecular complexity index is 873. The molecule has 32 heavy (non-hydrogen) atoms. The number of likely N-dealkylation sites (tertiary alicyclic amines) is 1. The maximum Gasteiger partial charge on any atom is 0.490 e. The average Bonchev–Trinajstić information content (AvgIpc) is 3.49. The molecule has 2 aliphatic rings. The quantitative estimate of drug-likeness (QED) is 0.713. The van der Waals surface area contributed by atoms with Gasteiger partial charge in [-0.15, -0.1) is 11.3 Å². The van der Waals surface area contributed by atoms with E-state index in [0.717, 1.165) is 49.8 Å². The number of rotatable bonds is 5. The smallest absolute Gasteiger partial charge is 0.475 e. The summed E-state index contributed by atoms with van der Waals surface area (Å²) in [4.78, 5) is 26.7. The number of piperidine rings is 1. The van der Waals surface area contributed by atoms with E-state index in [1.54, 1.807) is 6.26 Å². The lowest BCUT2D eigenvalue weighted by molar-refractivity contribution is -0.192. The van der Waals surface area contributed by atoms with Crippen LogP contribution < -0.4 is 0 Å². The first kappa shape index (κ1) is 24.3. The predicted octanol–water partition coefficient (Wildman–Crippen LogP) is 3.58. The molecule has 2 aromatic heterocycles. The second kappa shape index (κ2) is 10.5. The fourth-order valence-electron chi connectivity index (χ4n) is 4.00. The first-order valence-corrected chi connectivity index (χ1v) is 11.0. The molecule has 7 nitrogen and oxygen atoms in total. The van der Waals surface area contributed by atoms with E-state index in [4.69, 9.17) is 19.1 Å². The van der Waals surface area contributed by atoms with Gasteiger partial charge in [0, 0.05) is 25.6 Å². The van der Waals surface area contributed by atoms with E-state index in [1.807, 2.05) is 34.5 Å². The van der Waals surface area contributed by atoms with Gasteiger partial charge in [-0.3, -0.25) is 9.69 Å². The largest absolute Gasteiger partial charge is 0.490 e. The molecular weight excluding hydrogens is 449 g/mol. The molecule has 11 heteroatoms. The lowest BCUT2D eigenvalue weighted by atomic mass is 9.84. The number of fused-ring (bicyclic) bond motifs is 1. The van der Waals surface area contributed by atoms with Crippen molar-refractivity contribution < 1.29 is 37.0 Å². The maximum absolute atomic E-state index is 12.7. The van der Waals surface area contributed by atoms with Crippen molar-refractivity contribution in [2.45, 2.75) is 25.2 Å². The van der Waals surface area contributed by atoms with Crippen molar-refractivity contribution >= 4 is 23.2 Å². The first-order valence-electron chi connectivity index (χ1n) is 10.1. The third kappa shape index (κ3) is 6.33. The topological polar surface area (TPSA) is 83.2 Å².